The molecule has 1 saturated carbocycles. The summed E-state index contributed by atoms with van der Waals surface area (Å²) < 4.78 is 12.8. The SMILES string of the molecule is CO[C](=[W])C1CCC(Oc2ccnc3[nH]ncc23)CC1. The zero-order chi connectivity index (χ0) is 13.9. The van der Waals surface area contributed by atoms with Gasteiger partial charge in [-0.1, -0.05) is 0 Å². The summed E-state index contributed by atoms with van der Waals surface area (Å²) in [6, 6.07) is 1.92. The third kappa shape index (κ3) is 2.84. The first-order valence-corrected chi connectivity index (χ1v) is 8.27. The van der Waals surface area contributed by atoms with E-state index in [0.717, 1.165) is 42.5 Å². The van der Waals surface area contributed by atoms with Crippen LogP contribution in [0, 0.1) is 5.92 Å². The first kappa shape index (κ1) is 13.9. The molecule has 1 N–H and O–H groups in total. The van der Waals surface area contributed by atoms with E-state index >= 15 is 0 Å². The van der Waals surface area contributed by atoms with Gasteiger partial charge >= 0.3 is 128 Å². The summed E-state index contributed by atoms with van der Waals surface area (Å²) in [6.45, 7) is 0. The fourth-order valence-corrected chi connectivity index (χ4v) is 3.54. The molecule has 2 aromatic heterocycles. The van der Waals surface area contributed by atoms with Crippen molar-refractivity contribution in [3.8, 4) is 5.75 Å². The van der Waals surface area contributed by atoms with E-state index in [1.54, 1.807) is 19.5 Å². The average Bonchev–Trinajstić information content (AvgIpc) is 2.97. The number of fused-ring (bicyclic) bond motifs is 1. The molecule has 2 aromatic rings. The van der Waals surface area contributed by atoms with Crippen molar-refractivity contribution in [2.75, 3.05) is 7.11 Å². The first-order valence-electron chi connectivity index (χ1n) is 6.80. The van der Waals surface area contributed by atoms with Crippen molar-refractivity contribution in [3.63, 3.8) is 0 Å². The molecule has 0 saturated heterocycles. The normalized spacial score (nSPS) is 22.9. The van der Waals surface area contributed by atoms with Crippen LogP contribution in [0.25, 0.3) is 11.0 Å². The molecule has 0 atom stereocenters. The van der Waals surface area contributed by atoms with E-state index in [9.17, 15) is 0 Å². The van der Waals surface area contributed by atoms with Crippen LogP contribution < -0.4 is 4.74 Å². The number of aromatic nitrogens is 3. The fraction of sp³-hybridized carbons (Fsp3) is 0.500. The maximum absolute atomic E-state index is 6.15. The Morgan fingerprint density at radius 2 is 2.15 bits per heavy atom. The van der Waals surface area contributed by atoms with Crippen LogP contribution in [-0.4, -0.2) is 32.5 Å². The molecule has 0 radical (unpaired) electrons. The third-order valence-electron chi connectivity index (χ3n) is 3.82. The molecule has 106 valence electrons. The van der Waals surface area contributed by atoms with Crippen molar-refractivity contribution in [2.45, 2.75) is 31.8 Å². The van der Waals surface area contributed by atoms with Gasteiger partial charge in [0.1, 0.15) is 0 Å². The van der Waals surface area contributed by atoms with Crippen molar-refractivity contribution in [1.29, 1.82) is 0 Å². The topological polar surface area (TPSA) is 60.0 Å². The van der Waals surface area contributed by atoms with E-state index in [0.29, 0.717) is 5.92 Å². The number of hydrogen-bond acceptors (Lipinski definition) is 4. The molecular weight excluding hydrogens is 426 g/mol. The molecule has 1 fully saturated rings. The molecule has 3 rings (SSSR count). The maximum atomic E-state index is 6.15. The number of rotatable bonds is 4. The number of H-pyrrole nitrogens is 1. The Balaban J connectivity index is 1.65. The standard InChI is InChI=1S/C14H17N3O2.W/c1-18-9-10-2-4-11(5-3-10)19-13-6-7-15-14-12(13)8-16-17-14;/h6-8,10-11H,2-5H2,1H3,(H,15,16,17);. The Labute approximate surface area is 128 Å². The molecule has 0 bridgehead atoms. The van der Waals surface area contributed by atoms with Crippen molar-refractivity contribution in [3.05, 3.63) is 18.5 Å². The van der Waals surface area contributed by atoms with E-state index in [1.807, 2.05) is 6.07 Å². The van der Waals surface area contributed by atoms with Gasteiger partial charge in [0.05, 0.1) is 0 Å². The molecular formula is C14H17N3O2W. The van der Waals surface area contributed by atoms with Gasteiger partial charge in [-0.05, 0) is 0 Å². The second-order valence-corrected chi connectivity index (χ2v) is 6.50. The molecule has 0 aliphatic heterocycles. The molecule has 2 heterocycles. The minimum atomic E-state index is 0.284. The second-order valence-electron chi connectivity index (χ2n) is 5.06. The summed E-state index contributed by atoms with van der Waals surface area (Å²) in [4.78, 5) is 4.23. The van der Waals surface area contributed by atoms with Gasteiger partial charge in [0.15, 0.2) is 0 Å². The minimum absolute atomic E-state index is 0.284. The summed E-state index contributed by atoms with van der Waals surface area (Å²) in [7, 11) is 1.78. The fourth-order valence-electron chi connectivity index (χ4n) is 2.69. The van der Waals surface area contributed by atoms with Crippen molar-refractivity contribution in [1.82, 2.24) is 15.2 Å². The van der Waals surface area contributed by atoms with E-state index < -0.39 is 0 Å². The molecule has 5 nitrogen and oxygen atoms in total. The Hall–Kier alpha value is -1.06. The number of ether oxygens (including phenoxy) is 2. The van der Waals surface area contributed by atoms with Crippen LogP contribution in [0.1, 0.15) is 25.7 Å². The van der Waals surface area contributed by atoms with E-state index in [4.69, 9.17) is 9.47 Å². The van der Waals surface area contributed by atoms with Gasteiger partial charge in [0.2, 0.25) is 0 Å². The van der Waals surface area contributed by atoms with Crippen LogP contribution in [0.2, 0.25) is 0 Å². The van der Waals surface area contributed by atoms with Gasteiger partial charge in [-0.25, -0.2) is 0 Å². The number of methoxy groups -OCH3 is 1. The van der Waals surface area contributed by atoms with Gasteiger partial charge in [-0.3, -0.25) is 0 Å². The second kappa shape index (κ2) is 6.15. The van der Waals surface area contributed by atoms with E-state index in [-0.39, 0.29) is 6.10 Å². The van der Waals surface area contributed by atoms with Crippen LogP contribution in [0.15, 0.2) is 18.5 Å². The monoisotopic (exact) mass is 443 g/mol. The first-order chi connectivity index (χ1) is 9.78. The Bertz CT molecular complexity index is 605. The molecule has 0 aromatic carbocycles. The van der Waals surface area contributed by atoms with Gasteiger partial charge in [0, 0.05) is 0 Å². The molecule has 0 spiro atoms. The zero-order valence-corrected chi connectivity index (χ0v) is 14.3. The van der Waals surface area contributed by atoms with Gasteiger partial charge < -0.3 is 0 Å². The summed E-state index contributed by atoms with van der Waals surface area (Å²) >= 11 is 1.45. The van der Waals surface area contributed by atoms with Crippen molar-refractivity contribution < 1.29 is 28.8 Å². The number of nitrogens with zero attached hydrogens (tertiary/aromatic N) is 2. The van der Waals surface area contributed by atoms with Crippen LogP contribution in [-0.2, 0) is 24.1 Å². The molecule has 20 heavy (non-hydrogen) atoms. The van der Waals surface area contributed by atoms with E-state index in [1.165, 1.54) is 23.4 Å². The van der Waals surface area contributed by atoms with Gasteiger partial charge in [-0.15, -0.1) is 0 Å². The van der Waals surface area contributed by atoms with Gasteiger partial charge in [0.25, 0.3) is 0 Å². The van der Waals surface area contributed by atoms with Crippen molar-refractivity contribution in [2.24, 2.45) is 5.92 Å². The quantitative estimate of drug-likeness (QED) is 0.788. The Kier molecular flexibility index (Phi) is 4.27. The van der Waals surface area contributed by atoms with Gasteiger partial charge in [-0.2, -0.15) is 0 Å². The summed E-state index contributed by atoms with van der Waals surface area (Å²) in [5.74, 6) is 1.49. The predicted octanol–water partition coefficient (Wildman–Crippen LogP) is 2.22. The molecule has 0 unspecified atom stereocenters. The van der Waals surface area contributed by atoms with Crippen LogP contribution in [0.4, 0.5) is 0 Å². The number of pyridine rings is 1. The summed E-state index contributed by atoms with van der Waals surface area (Å²) in [5.41, 5.74) is 0.781. The average molecular weight is 443 g/mol. The number of aromatic amines is 1. The van der Waals surface area contributed by atoms with E-state index in [2.05, 4.69) is 15.2 Å². The van der Waals surface area contributed by atoms with Crippen LogP contribution in [0.5, 0.6) is 5.75 Å². The van der Waals surface area contributed by atoms with Crippen molar-refractivity contribution >= 4 is 15.1 Å². The Morgan fingerprint density at radius 3 is 2.90 bits per heavy atom. The summed E-state index contributed by atoms with van der Waals surface area (Å²) in [5, 5.41) is 7.84. The molecule has 6 heteroatoms. The predicted molar refractivity (Wildman–Crippen MR) is 72.3 cm³/mol. The van der Waals surface area contributed by atoms with Crippen LogP contribution in [0.3, 0.4) is 0 Å². The molecule has 1 aliphatic carbocycles. The molecule has 0 amide bonds. The summed E-state index contributed by atoms with van der Waals surface area (Å²) in [6.07, 6.45) is 8.27. The molecule has 1 aliphatic rings. The third-order valence-corrected chi connectivity index (χ3v) is 5.61. The number of nitrogens with one attached hydrogen (secondary N) is 1. The Morgan fingerprint density at radius 1 is 1.35 bits per heavy atom. The number of hydrogen-bond donors (Lipinski definition) is 1. The van der Waals surface area contributed by atoms with Crippen LogP contribution >= 0.6 is 0 Å². The zero-order valence-electron chi connectivity index (χ0n) is 11.3.